The Morgan fingerprint density at radius 2 is 2.20 bits per heavy atom. The fourth-order valence-electron chi connectivity index (χ4n) is 1.68. The van der Waals surface area contributed by atoms with Gasteiger partial charge in [-0.25, -0.2) is 4.39 Å². The molecule has 2 rings (SSSR count). The highest BCUT2D eigenvalue weighted by molar-refractivity contribution is 6.04. The summed E-state index contributed by atoms with van der Waals surface area (Å²) in [6.45, 7) is 0.248. The van der Waals surface area contributed by atoms with Gasteiger partial charge in [0.15, 0.2) is 11.6 Å². The number of nitrogens with two attached hydrogens (primary N) is 1. The van der Waals surface area contributed by atoms with E-state index in [1.54, 1.807) is 18.2 Å². The van der Waals surface area contributed by atoms with Crippen LogP contribution in [0.2, 0.25) is 0 Å². The van der Waals surface area contributed by atoms with E-state index in [0.717, 1.165) is 0 Å². The van der Waals surface area contributed by atoms with Crippen molar-refractivity contribution in [2.24, 2.45) is 5.73 Å². The van der Waals surface area contributed by atoms with E-state index in [-0.39, 0.29) is 18.2 Å². The largest absolute Gasteiger partial charge is 0.494 e. The zero-order valence-corrected chi connectivity index (χ0v) is 10.9. The second-order valence-electron chi connectivity index (χ2n) is 4.04. The van der Waals surface area contributed by atoms with Gasteiger partial charge in [0.25, 0.3) is 5.91 Å². The van der Waals surface area contributed by atoms with E-state index < -0.39 is 5.82 Å². The lowest BCUT2D eigenvalue weighted by molar-refractivity contribution is 0.102. The van der Waals surface area contributed by atoms with E-state index in [2.05, 4.69) is 10.3 Å². The molecular weight excluding hydrogens is 261 g/mol. The minimum absolute atomic E-state index is 0.123. The van der Waals surface area contributed by atoms with Crippen molar-refractivity contribution in [2.75, 3.05) is 12.4 Å². The first-order chi connectivity index (χ1) is 9.63. The highest BCUT2D eigenvalue weighted by atomic mass is 19.1. The number of rotatable bonds is 4. The number of carbonyl (C=O) groups is 1. The maximum Gasteiger partial charge on any atom is 0.255 e. The molecule has 1 aromatic carbocycles. The van der Waals surface area contributed by atoms with E-state index in [0.29, 0.717) is 16.9 Å². The number of nitrogens with one attached hydrogen (secondary N) is 1. The average molecular weight is 275 g/mol. The minimum Gasteiger partial charge on any atom is -0.494 e. The number of aromatic nitrogens is 1. The fraction of sp³-hybridized carbons (Fsp3) is 0.143. The van der Waals surface area contributed by atoms with Crippen LogP contribution in [0.1, 0.15) is 16.1 Å². The van der Waals surface area contributed by atoms with Gasteiger partial charge in [-0.2, -0.15) is 0 Å². The molecule has 0 spiro atoms. The molecule has 104 valence electrons. The molecule has 1 aromatic heterocycles. The molecule has 5 nitrogen and oxygen atoms in total. The molecule has 0 bridgehead atoms. The van der Waals surface area contributed by atoms with Crippen LogP contribution in [0, 0.1) is 5.82 Å². The number of hydrogen-bond acceptors (Lipinski definition) is 4. The van der Waals surface area contributed by atoms with Crippen molar-refractivity contribution in [1.29, 1.82) is 0 Å². The van der Waals surface area contributed by atoms with Crippen molar-refractivity contribution < 1.29 is 13.9 Å². The van der Waals surface area contributed by atoms with Gasteiger partial charge in [-0.3, -0.25) is 9.78 Å². The number of benzene rings is 1. The molecule has 0 aliphatic heterocycles. The predicted octanol–water partition coefficient (Wildman–Crippen LogP) is 1.94. The number of hydrogen-bond donors (Lipinski definition) is 2. The fourth-order valence-corrected chi connectivity index (χ4v) is 1.68. The van der Waals surface area contributed by atoms with E-state index in [1.165, 1.54) is 25.4 Å². The first-order valence-corrected chi connectivity index (χ1v) is 5.94. The molecule has 0 atom stereocenters. The quantitative estimate of drug-likeness (QED) is 0.894. The summed E-state index contributed by atoms with van der Waals surface area (Å²) in [4.78, 5) is 16.0. The van der Waals surface area contributed by atoms with Crippen molar-refractivity contribution in [3.63, 3.8) is 0 Å². The van der Waals surface area contributed by atoms with Gasteiger partial charge in [0.1, 0.15) is 0 Å². The van der Waals surface area contributed by atoms with Gasteiger partial charge in [0.2, 0.25) is 0 Å². The third kappa shape index (κ3) is 3.10. The number of amides is 1. The Hall–Kier alpha value is -2.47. The lowest BCUT2D eigenvalue weighted by atomic mass is 10.2. The van der Waals surface area contributed by atoms with E-state index >= 15 is 0 Å². The van der Waals surface area contributed by atoms with Crippen LogP contribution in [-0.2, 0) is 6.54 Å². The van der Waals surface area contributed by atoms with Gasteiger partial charge in [-0.05, 0) is 24.3 Å². The van der Waals surface area contributed by atoms with E-state index in [1.807, 2.05) is 0 Å². The molecule has 3 N–H and O–H groups in total. The summed E-state index contributed by atoms with van der Waals surface area (Å²) in [5.74, 6) is -0.772. The Morgan fingerprint density at radius 1 is 1.40 bits per heavy atom. The van der Waals surface area contributed by atoms with Gasteiger partial charge < -0.3 is 15.8 Å². The Kier molecular flexibility index (Phi) is 4.27. The lowest BCUT2D eigenvalue weighted by Crippen LogP contribution is -2.13. The van der Waals surface area contributed by atoms with Gasteiger partial charge in [0, 0.05) is 30.1 Å². The van der Waals surface area contributed by atoms with Gasteiger partial charge in [0.05, 0.1) is 12.8 Å². The van der Waals surface area contributed by atoms with Crippen LogP contribution in [0.4, 0.5) is 10.1 Å². The van der Waals surface area contributed by atoms with Crippen LogP contribution in [0.15, 0.2) is 36.5 Å². The number of halogens is 1. The van der Waals surface area contributed by atoms with Gasteiger partial charge in [-0.15, -0.1) is 0 Å². The Balaban J connectivity index is 2.16. The molecule has 0 unspecified atom stereocenters. The van der Waals surface area contributed by atoms with E-state index in [9.17, 15) is 9.18 Å². The van der Waals surface area contributed by atoms with Crippen molar-refractivity contribution in [2.45, 2.75) is 6.54 Å². The zero-order chi connectivity index (χ0) is 14.5. The molecule has 0 aliphatic carbocycles. The highest BCUT2D eigenvalue weighted by Crippen LogP contribution is 2.21. The maximum absolute atomic E-state index is 13.5. The molecule has 1 heterocycles. The number of carbonyl (C=O) groups excluding carboxylic acids is 1. The summed E-state index contributed by atoms with van der Waals surface area (Å²) >= 11 is 0. The van der Waals surface area contributed by atoms with Crippen LogP contribution in [0.5, 0.6) is 5.75 Å². The Morgan fingerprint density at radius 3 is 2.85 bits per heavy atom. The summed E-state index contributed by atoms with van der Waals surface area (Å²) in [6, 6.07) is 7.36. The second-order valence-corrected chi connectivity index (χ2v) is 4.04. The third-order valence-corrected chi connectivity index (χ3v) is 2.70. The van der Waals surface area contributed by atoms with Crippen molar-refractivity contribution in [1.82, 2.24) is 4.98 Å². The lowest BCUT2D eigenvalue weighted by Gasteiger charge is -2.08. The Bertz CT molecular complexity index is 632. The number of ether oxygens (including phenoxy) is 1. The first-order valence-electron chi connectivity index (χ1n) is 5.94. The average Bonchev–Trinajstić information content (AvgIpc) is 2.47. The normalized spacial score (nSPS) is 10.2. The zero-order valence-electron chi connectivity index (χ0n) is 10.9. The summed E-state index contributed by atoms with van der Waals surface area (Å²) in [5, 5.41) is 2.60. The summed E-state index contributed by atoms with van der Waals surface area (Å²) in [5.41, 5.74) is 6.84. The van der Waals surface area contributed by atoms with Crippen molar-refractivity contribution >= 4 is 11.6 Å². The standard InChI is InChI=1S/C14H14FN3O2/c1-20-13-3-2-10(7-12(13)15)18-14(19)9-4-5-17-11(6-9)8-16/h2-7H,8,16H2,1H3,(H,18,19). The van der Waals surface area contributed by atoms with Crippen LogP contribution >= 0.6 is 0 Å². The molecular formula is C14H14FN3O2. The highest BCUT2D eigenvalue weighted by Gasteiger charge is 2.09. The number of methoxy groups -OCH3 is 1. The predicted molar refractivity (Wildman–Crippen MR) is 73.0 cm³/mol. The Labute approximate surface area is 115 Å². The molecule has 0 saturated carbocycles. The molecule has 0 saturated heterocycles. The van der Waals surface area contributed by atoms with Crippen molar-refractivity contribution in [3.05, 3.63) is 53.6 Å². The molecule has 1 amide bonds. The van der Waals surface area contributed by atoms with E-state index in [4.69, 9.17) is 10.5 Å². The van der Waals surface area contributed by atoms with Crippen LogP contribution in [0.25, 0.3) is 0 Å². The third-order valence-electron chi connectivity index (χ3n) is 2.70. The molecule has 6 heteroatoms. The topological polar surface area (TPSA) is 77.2 Å². The summed E-state index contributed by atoms with van der Waals surface area (Å²) in [6.07, 6.45) is 1.51. The smallest absolute Gasteiger partial charge is 0.255 e. The minimum atomic E-state index is -0.539. The molecule has 2 aromatic rings. The van der Waals surface area contributed by atoms with Gasteiger partial charge >= 0.3 is 0 Å². The molecule has 20 heavy (non-hydrogen) atoms. The first kappa shape index (κ1) is 14.0. The summed E-state index contributed by atoms with van der Waals surface area (Å²) < 4.78 is 18.3. The molecule has 0 aliphatic rings. The van der Waals surface area contributed by atoms with Crippen LogP contribution in [0.3, 0.4) is 0 Å². The van der Waals surface area contributed by atoms with Crippen molar-refractivity contribution in [3.8, 4) is 5.75 Å². The van der Waals surface area contributed by atoms with Crippen LogP contribution in [-0.4, -0.2) is 18.0 Å². The molecule has 0 fully saturated rings. The maximum atomic E-state index is 13.5. The molecule has 0 radical (unpaired) electrons. The second kappa shape index (κ2) is 6.12. The van der Waals surface area contributed by atoms with Crippen LogP contribution < -0.4 is 15.8 Å². The monoisotopic (exact) mass is 275 g/mol. The number of pyridine rings is 1. The van der Waals surface area contributed by atoms with Gasteiger partial charge in [-0.1, -0.05) is 0 Å². The number of nitrogens with zero attached hydrogens (tertiary/aromatic N) is 1. The SMILES string of the molecule is COc1ccc(NC(=O)c2ccnc(CN)c2)cc1F. The number of anilines is 1. The summed E-state index contributed by atoms with van der Waals surface area (Å²) in [7, 11) is 1.38.